The number of benzene rings is 1. The Labute approximate surface area is 157 Å². The van der Waals surface area contributed by atoms with Crippen molar-refractivity contribution in [2.75, 3.05) is 17.7 Å². The summed E-state index contributed by atoms with van der Waals surface area (Å²) in [7, 11) is 0. The number of nitrogens with one attached hydrogen (secondary N) is 1. The summed E-state index contributed by atoms with van der Waals surface area (Å²) in [6.45, 7) is 7.82. The van der Waals surface area contributed by atoms with Gasteiger partial charge >= 0.3 is 0 Å². The van der Waals surface area contributed by atoms with Crippen molar-refractivity contribution in [1.82, 2.24) is 20.2 Å². The molecule has 1 unspecified atom stereocenters. The predicted molar refractivity (Wildman–Crippen MR) is 101 cm³/mol. The van der Waals surface area contributed by atoms with E-state index < -0.39 is 0 Å². The zero-order valence-electron chi connectivity index (χ0n) is 15.4. The molecule has 0 spiro atoms. The quantitative estimate of drug-likeness (QED) is 0.782. The topological polar surface area (TPSA) is 81.9 Å². The molecule has 1 aliphatic rings. The molecule has 1 saturated heterocycles. The lowest BCUT2D eigenvalue weighted by Gasteiger charge is -2.22. The average molecular weight is 375 g/mol. The summed E-state index contributed by atoms with van der Waals surface area (Å²) in [5, 5.41) is 15.4. The summed E-state index contributed by atoms with van der Waals surface area (Å²) in [5.74, 6) is 0.183. The summed E-state index contributed by atoms with van der Waals surface area (Å²) < 4.78 is 7.35. The molecule has 140 valence electrons. The second-order valence-electron chi connectivity index (χ2n) is 7.41. The number of aromatic nitrogens is 4. The van der Waals surface area contributed by atoms with Gasteiger partial charge in [0.1, 0.15) is 0 Å². The van der Waals surface area contributed by atoms with Crippen molar-refractivity contribution in [1.29, 1.82) is 0 Å². The Morgan fingerprint density at radius 1 is 1.38 bits per heavy atom. The average Bonchev–Trinajstić information content (AvgIpc) is 3.25. The maximum Gasteiger partial charge on any atom is 0.234 e. The summed E-state index contributed by atoms with van der Waals surface area (Å²) >= 11 is 1.34. The zero-order chi connectivity index (χ0) is 18.6. The molecule has 3 rings (SSSR count). The molecule has 1 aromatic heterocycles. The minimum Gasteiger partial charge on any atom is -0.376 e. The number of hydrogen-bond donors (Lipinski definition) is 1. The first-order valence-corrected chi connectivity index (χ1v) is 9.82. The van der Waals surface area contributed by atoms with Crippen LogP contribution in [0.4, 0.5) is 5.69 Å². The number of ether oxygens (including phenoxy) is 1. The fourth-order valence-corrected chi connectivity index (χ4v) is 3.64. The second kappa shape index (κ2) is 8.18. The van der Waals surface area contributed by atoms with E-state index in [0.717, 1.165) is 30.7 Å². The van der Waals surface area contributed by atoms with Crippen LogP contribution in [0.25, 0.3) is 0 Å². The van der Waals surface area contributed by atoms with E-state index in [0.29, 0.717) is 11.7 Å². The lowest BCUT2D eigenvalue weighted by Crippen LogP contribution is -2.20. The van der Waals surface area contributed by atoms with Gasteiger partial charge in [-0.1, -0.05) is 50.7 Å². The maximum absolute atomic E-state index is 12.4. The molecule has 26 heavy (non-hydrogen) atoms. The molecule has 1 atom stereocenters. The minimum absolute atomic E-state index is 0.0393. The third-order valence-corrected chi connectivity index (χ3v) is 5.20. The molecule has 0 saturated carbocycles. The Balaban J connectivity index is 1.58. The first kappa shape index (κ1) is 18.8. The van der Waals surface area contributed by atoms with E-state index >= 15 is 0 Å². The molecule has 1 fully saturated rings. The van der Waals surface area contributed by atoms with E-state index in [4.69, 9.17) is 4.74 Å². The van der Waals surface area contributed by atoms with Crippen LogP contribution < -0.4 is 5.32 Å². The lowest BCUT2D eigenvalue weighted by atomic mass is 9.86. The minimum atomic E-state index is -0.0710. The fourth-order valence-electron chi connectivity index (χ4n) is 2.96. The number of nitrogens with zero attached hydrogens (tertiary/aromatic N) is 4. The molecule has 0 radical (unpaired) electrons. The monoisotopic (exact) mass is 375 g/mol. The summed E-state index contributed by atoms with van der Waals surface area (Å²) in [6.07, 6.45) is 2.25. The van der Waals surface area contributed by atoms with Crippen molar-refractivity contribution >= 4 is 23.4 Å². The van der Waals surface area contributed by atoms with Gasteiger partial charge in [-0.05, 0) is 40.3 Å². The van der Waals surface area contributed by atoms with E-state index in [1.807, 2.05) is 24.3 Å². The van der Waals surface area contributed by atoms with E-state index in [9.17, 15) is 4.79 Å². The second-order valence-corrected chi connectivity index (χ2v) is 8.35. The van der Waals surface area contributed by atoms with Crippen molar-refractivity contribution in [3.63, 3.8) is 0 Å². The normalized spacial score (nSPS) is 17.4. The zero-order valence-corrected chi connectivity index (χ0v) is 16.3. The molecular formula is C18H25N5O2S. The molecule has 1 N–H and O–H groups in total. The molecule has 7 nitrogen and oxygen atoms in total. The maximum atomic E-state index is 12.4. The number of para-hydroxylation sites is 1. The molecule has 1 aromatic carbocycles. The number of carbonyl (C=O) groups is 1. The SMILES string of the molecule is CC(C)(C)c1ccccc1NC(=O)CSc1nnnn1CC1CCCO1. The van der Waals surface area contributed by atoms with Gasteiger partial charge in [-0.3, -0.25) is 4.79 Å². The highest BCUT2D eigenvalue weighted by Gasteiger charge is 2.21. The molecule has 2 aromatic rings. The highest BCUT2D eigenvalue weighted by molar-refractivity contribution is 7.99. The first-order valence-electron chi connectivity index (χ1n) is 8.83. The van der Waals surface area contributed by atoms with E-state index in [1.165, 1.54) is 11.8 Å². The summed E-state index contributed by atoms with van der Waals surface area (Å²) in [5.41, 5.74) is 1.92. The number of carbonyl (C=O) groups excluding carboxylic acids is 1. The smallest absolute Gasteiger partial charge is 0.234 e. The molecule has 0 bridgehead atoms. The Hall–Kier alpha value is -1.93. The Bertz CT molecular complexity index is 750. The van der Waals surface area contributed by atoms with Crippen LogP contribution in [-0.4, -0.2) is 44.6 Å². The van der Waals surface area contributed by atoms with Crippen LogP contribution in [0.5, 0.6) is 0 Å². The van der Waals surface area contributed by atoms with Crippen LogP contribution >= 0.6 is 11.8 Å². The van der Waals surface area contributed by atoms with E-state index in [-0.39, 0.29) is 23.2 Å². The van der Waals surface area contributed by atoms with Crippen LogP contribution in [0, 0.1) is 0 Å². The summed E-state index contributed by atoms with van der Waals surface area (Å²) in [6, 6.07) is 7.90. The number of hydrogen-bond acceptors (Lipinski definition) is 6. The van der Waals surface area contributed by atoms with Crippen molar-refractivity contribution in [2.24, 2.45) is 0 Å². The van der Waals surface area contributed by atoms with Crippen LogP contribution in [0.15, 0.2) is 29.4 Å². The van der Waals surface area contributed by atoms with Crippen molar-refractivity contribution in [3.8, 4) is 0 Å². The Morgan fingerprint density at radius 2 is 2.19 bits per heavy atom. The molecular weight excluding hydrogens is 350 g/mol. The van der Waals surface area contributed by atoms with Gasteiger partial charge in [-0.2, -0.15) is 0 Å². The van der Waals surface area contributed by atoms with E-state index in [2.05, 4.69) is 41.6 Å². The number of amides is 1. The van der Waals surface area contributed by atoms with Crippen molar-refractivity contribution in [2.45, 2.75) is 56.8 Å². The van der Waals surface area contributed by atoms with E-state index in [1.54, 1.807) is 4.68 Å². The van der Waals surface area contributed by atoms with Gasteiger partial charge < -0.3 is 10.1 Å². The van der Waals surface area contributed by atoms with Crippen LogP contribution in [0.3, 0.4) is 0 Å². The van der Waals surface area contributed by atoms with Gasteiger partial charge in [0.15, 0.2) is 0 Å². The number of tetrazole rings is 1. The largest absolute Gasteiger partial charge is 0.376 e. The number of thioether (sulfide) groups is 1. The van der Waals surface area contributed by atoms with Crippen LogP contribution in [0.1, 0.15) is 39.2 Å². The summed E-state index contributed by atoms with van der Waals surface area (Å²) in [4.78, 5) is 12.4. The number of rotatable bonds is 6. The first-order chi connectivity index (χ1) is 12.4. The predicted octanol–water partition coefficient (Wildman–Crippen LogP) is 2.88. The highest BCUT2D eigenvalue weighted by atomic mass is 32.2. The lowest BCUT2D eigenvalue weighted by molar-refractivity contribution is -0.113. The standard InChI is InChI=1S/C18H25N5O2S/c1-18(2,3)14-8-4-5-9-15(14)19-16(24)12-26-17-20-21-22-23(17)11-13-7-6-10-25-13/h4-5,8-9,13H,6-7,10-12H2,1-3H3,(H,19,24). The van der Waals surface area contributed by atoms with Gasteiger partial charge in [-0.15, -0.1) is 5.10 Å². The van der Waals surface area contributed by atoms with Gasteiger partial charge in [-0.25, -0.2) is 4.68 Å². The van der Waals surface area contributed by atoms with Crippen LogP contribution in [-0.2, 0) is 21.5 Å². The van der Waals surface area contributed by atoms with Crippen LogP contribution in [0.2, 0.25) is 0 Å². The fraction of sp³-hybridized carbons (Fsp3) is 0.556. The Kier molecular flexibility index (Phi) is 5.93. The van der Waals surface area contributed by atoms with Crippen molar-refractivity contribution in [3.05, 3.63) is 29.8 Å². The number of anilines is 1. The molecule has 2 heterocycles. The highest BCUT2D eigenvalue weighted by Crippen LogP contribution is 2.29. The van der Waals surface area contributed by atoms with Gasteiger partial charge in [0, 0.05) is 12.3 Å². The molecule has 0 aliphatic carbocycles. The molecule has 1 aliphatic heterocycles. The Morgan fingerprint density at radius 3 is 2.92 bits per heavy atom. The molecule has 1 amide bonds. The third-order valence-electron chi connectivity index (χ3n) is 4.24. The van der Waals surface area contributed by atoms with Crippen molar-refractivity contribution < 1.29 is 9.53 Å². The van der Waals surface area contributed by atoms with Gasteiger partial charge in [0.25, 0.3) is 0 Å². The van der Waals surface area contributed by atoms with Gasteiger partial charge in [0.2, 0.25) is 11.1 Å². The van der Waals surface area contributed by atoms with Gasteiger partial charge in [0.05, 0.1) is 18.4 Å². The molecule has 8 heteroatoms. The third kappa shape index (κ3) is 4.82.